The molecule has 3 rings (SSSR count). The monoisotopic (exact) mass is 326 g/mol. The molecule has 2 aromatic rings. The van der Waals surface area contributed by atoms with Gasteiger partial charge in [-0.15, -0.1) is 0 Å². The Kier molecular flexibility index (Phi) is 5.18. The van der Waals surface area contributed by atoms with Crippen molar-refractivity contribution in [1.29, 1.82) is 0 Å². The third kappa shape index (κ3) is 3.78. The van der Waals surface area contributed by atoms with E-state index < -0.39 is 12.1 Å². The summed E-state index contributed by atoms with van der Waals surface area (Å²) in [6.07, 6.45) is 0.525. The molecule has 24 heavy (non-hydrogen) atoms. The lowest BCUT2D eigenvalue weighted by Crippen LogP contribution is -2.44. The summed E-state index contributed by atoms with van der Waals surface area (Å²) >= 11 is 0. The second kappa shape index (κ2) is 7.70. The fraction of sp³-hybridized carbons (Fsp3) is 0.278. The van der Waals surface area contributed by atoms with Gasteiger partial charge in [0.25, 0.3) is 5.91 Å². The van der Waals surface area contributed by atoms with Crippen LogP contribution in [-0.4, -0.2) is 48.1 Å². The molecule has 6 heteroatoms. The first kappa shape index (κ1) is 16.1. The lowest BCUT2D eigenvalue weighted by molar-refractivity contribution is -0.145. The van der Waals surface area contributed by atoms with Gasteiger partial charge < -0.3 is 14.4 Å². The molecular formula is C18H18N2O4. The Morgan fingerprint density at radius 2 is 1.75 bits per heavy atom. The van der Waals surface area contributed by atoms with Gasteiger partial charge in [0.05, 0.1) is 13.2 Å². The highest BCUT2D eigenvalue weighted by molar-refractivity contribution is 5.91. The number of rotatable bonds is 4. The van der Waals surface area contributed by atoms with Crippen LogP contribution in [0.3, 0.4) is 0 Å². The number of carbonyl (C=O) groups excluding carboxylic acids is 2. The largest absolute Gasteiger partial charge is 0.443 e. The Morgan fingerprint density at radius 1 is 1.04 bits per heavy atom. The summed E-state index contributed by atoms with van der Waals surface area (Å²) in [5.74, 6) is -0.861. The number of amides is 1. The molecule has 1 atom stereocenters. The van der Waals surface area contributed by atoms with E-state index in [-0.39, 0.29) is 11.6 Å². The smallest absolute Gasteiger partial charge is 0.358 e. The minimum absolute atomic E-state index is 0.174. The van der Waals surface area contributed by atoms with Gasteiger partial charge in [-0.3, -0.25) is 4.79 Å². The molecule has 0 unspecified atom stereocenters. The number of hydrogen-bond donors (Lipinski definition) is 0. The number of morpholine rings is 1. The van der Waals surface area contributed by atoms with Gasteiger partial charge in [-0.1, -0.05) is 36.4 Å². The van der Waals surface area contributed by atoms with Crippen LogP contribution in [0.15, 0.2) is 54.7 Å². The Hall–Kier alpha value is -2.73. The van der Waals surface area contributed by atoms with Gasteiger partial charge in [0, 0.05) is 24.8 Å². The van der Waals surface area contributed by atoms with Crippen molar-refractivity contribution in [1.82, 2.24) is 9.88 Å². The maximum absolute atomic E-state index is 12.8. The molecule has 1 aliphatic rings. The van der Waals surface area contributed by atoms with E-state index in [1.165, 1.54) is 6.20 Å². The van der Waals surface area contributed by atoms with Crippen LogP contribution in [0.4, 0.5) is 0 Å². The zero-order valence-electron chi connectivity index (χ0n) is 13.1. The Balaban J connectivity index is 1.82. The average Bonchev–Trinajstić information content (AvgIpc) is 2.67. The molecule has 0 bridgehead atoms. The molecule has 0 spiro atoms. The van der Waals surface area contributed by atoms with Crippen molar-refractivity contribution in [2.45, 2.75) is 6.10 Å². The molecule has 1 saturated heterocycles. The third-order valence-electron chi connectivity index (χ3n) is 3.75. The highest BCUT2D eigenvalue weighted by Gasteiger charge is 2.31. The molecule has 2 heterocycles. The SMILES string of the molecule is O=C(O[C@H](C(=O)N1CCOCC1)c1ccccc1)c1ccccn1. The van der Waals surface area contributed by atoms with Gasteiger partial charge in [-0.25, -0.2) is 9.78 Å². The Bertz CT molecular complexity index is 685. The van der Waals surface area contributed by atoms with Crippen molar-refractivity contribution in [2.24, 2.45) is 0 Å². The zero-order valence-corrected chi connectivity index (χ0v) is 13.1. The molecule has 1 amide bonds. The molecule has 1 fully saturated rings. The van der Waals surface area contributed by atoms with Crippen molar-refractivity contribution in [3.63, 3.8) is 0 Å². The van der Waals surface area contributed by atoms with Gasteiger partial charge in [-0.2, -0.15) is 0 Å². The van der Waals surface area contributed by atoms with Crippen LogP contribution in [0, 0.1) is 0 Å². The summed E-state index contributed by atoms with van der Waals surface area (Å²) in [6, 6.07) is 14.0. The normalized spacial score (nSPS) is 15.6. The molecule has 0 saturated carbocycles. The molecule has 0 N–H and O–H groups in total. The molecule has 1 aromatic heterocycles. The predicted octanol–water partition coefficient (Wildman–Crippen LogP) is 1.84. The molecule has 1 aromatic carbocycles. The first-order chi connectivity index (χ1) is 11.8. The minimum Gasteiger partial charge on any atom is -0.443 e. The molecule has 0 aliphatic carbocycles. The van der Waals surface area contributed by atoms with Crippen molar-refractivity contribution in [3.8, 4) is 0 Å². The number of nitrogens with zero attached hydrogens (tertiary/aromatic N) is 2. The first-order valence-corrected chi connectivity index (χ1v) is 7.79. The summed E-state index contributed by atoms with van der Waals surface area (Å²) < 4.78 is 10.8. The van der Waals surface area contributed by atoms with Gasteiger partial charge in [0.1, 0.15) is 5.69 Å². The fourth-order valence-corrected chi connectivity index (χ4v) is 2.49. The van der Waals surface area contributed by atoms with Crippen molar-refractivity contribution >= 4 is 11.9 Å². The van der Waals surface area contributed by atoms with E-state index in [0.29, 0.717) is 31.9 Å². The first-order valence-electron chi connectivity index (χ1n) is 7.79. The van der Waals surface area contributed by atoms with E-state index in [0.717, 1.165) is 0 Å². The highest BCUT2D eigenvalue weighted by atomic mass is 16.5. The Labute approximate surface area is 140 Å². The minimum atomic E-state index is -0.987. The molecular weight excluding hydrogens is 308 g/mol. The number of ether oxygens (including phenoxy) is 2. The van der Waals surface area contributed by atoms with E-state index in [1.807, 2.05) is 18.2 Å². The second-order valence-electron chi connectivity index (χ2n) is 5.35. The predicted molar refractivity (Wildman–Crippen MR) is 86.2 cm³/mol. The van der Waals surface area contributed by atoms with Crippen molar-refractivity contribution in [2.75, 3.05) is 26.3 Å². The van der Waals surface area contributed by atoms with Crippen LogP contribution in [0.1, 0.15) is 22.2 Å². The maximum atomic E-state index is 12.8. The third-order valence-corrected chi connectivity index (χ3v) is 3.75. The standard InChI is InChI=1S/C18H18N2O4/c21-17(20-10-12-23-13-11-20)16(14-6-2-1-3-7-14)24-18(22)15-8-4-5-9-19-15/h1-9,16H,10-13H2/t16-/m0/s1. The van der Waals surface area contributed by atoms with Gasteiger partial charge in [0.15, 0.2) is 0 Å². The van der Waals surface area contributed by atoms with E-state index in [9.17, 15) is 9.59 Å². The molecule has 124 valence electrons. The summed E-state index contributed by atoms with van der Waals surface area (Å²) in [6.45, 7) is 1.95. The van der Waals surface area contributed by atoms with Crippen LogP contribution >= 0.6 is 0 Å². The number of pyridine rings is 1. The van der Waals surface area contributed by atoms with E-state index in [1.54, 1.807) is 35.2 Å². The van der Waals surface area contributed by atoms with Gasteiger partial charge in [0.2, 0.25) is 6.10 Å². The second-order valence-corrected chi connectivity index (χ2v) is 5.35. The maximum Gasteiger partial charge on any atom is 0.358 e. The van der Waals surface area contributed by atoms with E-state index in [4.69, 9.17) is 9.47 Å². The summed E-state index contributed by atoms with van der Waals surface area (Å²) in [5.41, 5.74) is 0.812. The number of benzene rings is 1. The molecule has 6 nitrogen and oxygen atoms in total. The number of carbonyl (C=O) groups is 2. The molecule has 0 radical (unpaired) electrons. The highest BCUT2D eigenvalue weighted by Crippen LogP contribution is 2.22. The van der Waals surface area contributed by atoms with Crippen LogP contribution in [0.5, 0.6) is 0 Å². The summed E-state index contributed by atoms with van der Waals surface area (Å²) in [7, 11) is 0. The average molecular weight is 326 g/mol. The quantitative estimate of drug-likeness (QED) is 0.802. The summed E-state index contributed by atoms with van der Waals surface area (Å²) in [5, 5.41) is 0. The topological polar surface area (TPSA) is 68.7 Å². The van der Waals surface area contributed by atoms with Crippen LogP contribution < -0.4 is 0 Å². The number of esters is 1. The van der Waals surface area contributed by atoms with Crippen LogP contribution in [-0.2, 0) is 14.3 Å². The molecule has 1 aliphatic heterocycles. The Morgan fingerprint density at radius 3 is 2.42 bits per heavy atom. The van der Waals surface area contributed by atoms with Gasteiger partial charge in [-0.05, 0) is 12.1 Å². The number of hydrogen-bond acceptors (Lipinski definition) is 5. The summed E-state index contributed by atoms with van der Waals surface area (Å²) in [4.78, 5) is 30.8. The van der Waals surface area contributed by atoms with Gasteiger partial charge >= 0.3 is 5.97 Å². The lowest BCUT2D eigenvalue weighted by atomic mass is 10.1. The van der Waals surface area contributed by atoms with E-state index >= 15 is 0 Å². The van der Waals surface area contributed by atoms with E-state index in [2.05, 4.69) is 4.98 Å². The van der Waals surface area contributed by atoms with Crippen LogP contribution in [0.2, 0.25) is 0 Å². The van der Waals surface area contributed by atoms with Crippen molar-refractivity contribution in [3.05, 3.63) is 66.0 Å². The number of aromatic nitrogens is 1. The lowest BCUT2D eigenvalue weighted by Gasteiger charge is -2.30. The fourth-order valence-electron chi connectivity index (χ4n) is 2.49. The van der Waals surface area contributed by atoms with Crippen LogP contribution in [0.25, 0.3) is 0 Å². The van der Waals surface area contributed by atoms with Crippen molar-refractivity contribution < 1.29 is 19.1 Å². The zero-order chi connectivity index (χ0) is 16.8.